The van der Waals surface area contributed by atoms with Crippen LogP contribution in [0.1, 0.15) is 38.9 Å². The van der Waals surface area contributed by atoms with E-state index in [2.05, 4.69) is 36.1 Å². The third kappa shape index (κ3) is 3.11. The molecule has 1 N–H and O–H groups in total. The van der Waals surface area contributed by atoms with Gasteiger partial charge in [0.1, 0.15) is 0 Å². The van der Waals surface area contributed by atoms with Gasteiger partial charge in [0.2, 0.25) is 0 Å². The van der Waals surface area contributed by atoms with Crippen LogP contribution in [0.25, 0.3) is 0 Å². The molecule has 2 atom stereocenters. The van der Waals surface area contributed by atoms with Crippen LogP contribution >= 0.6 is 0 Å². The lowest BCUT2D eigenvalue weighted by Gasteiger charge is -2.17. The van der Waals surface area contributed by atoms with Crippen LogP contribution in [0, 0.1) is 0 Å². The first kappa shape index (κ1) is 10.1. The molecule has 0 aliphatic carbocycles. The minimum absolute atomic E-state index is 0.281. The van der Waals surface area contributed by atoms with Gasteiger partial charge in [0.05, 0.1) is 5.69 Å². The molecule has 3 heteroatoms. The Balaban J connectivity index is 2.53. The van der Waals surface area contributed by atoms with E-state index in [1.54, 1.807) is 18.6 Å². The number of hydrogen-bond acceptors (Lipinski definition) is 3. The van der Waals surface area contributed by atoms with Gasteiger partial charge in [-0.15, -0.1) is 0 Å². The highest BCUT2D eigenvalue weighted by atomic mass is 15.0. The summed E-state index contributed by atoms with van der Waals surface area (Å²) >= 11 is 0. The van der Waals surface area contributed by atoms with E-state index >= 15 is 0 Å². The molecule has 0 amide bonds. The fourth-order valence-electron chi connectivity index (χ4n) is 1.16. The van der Waals surface area contributed by atoms with Gasteiger partial charge >= 0.3 is 0 Å². The van der Waals surface area contributed by atoms with Gasteiger partial charge in [0.15, 0.2) is 0 Å². The van der Waals surface area contributed by atoms with Crippen LogP contribution in [0.3, 0.4) is 0 Å². The number of nitrogens with one attached hydrogen (secondary N) is 1. The maximum atomic E-state index is 4.24. The predicted molar refractivity (Wildman–Crippen MR) is 53.3 cm³/mol. The predicted octanol–water partition coefficient (Wildman–Crippen LogP) is 1.93. The quantitative estimate of drug-likeness (QED) is 0.767. The minimum Gasteiger partial charge on any atom is -0.306 e. The van der Waals surface area contributed by atoms with Crippen LogP contribution in [-0.2, 0) is 0 Å². The highest BCUT2D eigenvalue weighted by molar-refractivity contribution is 5.00. The SMILES string of the molecule is CCC(C)NC(C)c1cnccn1. The first-order chi connectivity index (χ1) is 6.24. The van der Waals surface area contributed by atoms with Crippen LogP contribution in [0.4, 0.5) is 0 Å². The maximum absolute atomic E-state index is 4.24. The van der Waals surface area contributed by atoms with Crippen LogP contribution in [0.15, 0.2) is 18.6 Å². The van der Waals surface area contributed by atoms with E-state index in [0.717, 1.165) is 12.1 Å². The van der Waals surface area contributed by atoms with E-state index in [9.17, 15) is 0 Å². The molecule has 0 spiro atoms. The van der Waals surface area contributed by atoms with E-state index in [1.165, 1.54) is 0 Å². The zero-order valence-electron chi connectivity index (χ0n) is 8.49. The molecule has 1 aromatic heterocycles. The van der Waals surface area contributed by atoms with Crippen molar-refractivity contribution < 1.29 is 0 Å². The Kier molecular flexibility index (Phi) is 3.83. The molecule has 1 heterocycles. The van der Waals surface area contributed by atoms with E-state index in [4.69, 9.17) is 0 Å². The molecular weight excluding hydrogens is 162 g/mol. The molecule has 0 aliphatic heterocycles. The van der Waals surface area contributed by atoms with Crippen molar-refractivity contribution >= 4 is 0 Å². The molecule has 0 bridgehead atoms. The van der Waals surface area contributed by atoms with Crippen LogP contribution in [0.5, 0.6) is 0 Å². The fourth-order valence-corrected chi connectivity index (χ4v) is 1.16. The van der Waals surface area contributed by atoms with Gasteiger partial charge in [-0.05, 0) is 20.3 Å². The topological polar surface area (TPSA) is 37.8 Å². The number of nitrogens with zero attached hydrogens (tertiary/aromatic N) is 2. The Labute approximate surface area is 79.6 Å². The molecule has 72 valence electrons. The van der Waals surface area contributed by atoms with Gasteiger partial charge in [-0.3, -0.25) is 9.97 Å². The molecule has 0 saturated carbocycles. The van der Waals surface area contributed by atoms with Crippen molar-refractivity contribution in [2.75, 3.05) is 0 Å². The summed E-state index contributed by atoms with van der Waals surface area (Å²) < 4.78 is 0. The molecule has 1 rings (SSSR count). The zero-order chi connectivity index (χ0) is 9.68. The van der Waals surface area contributed by atoms with Crippen molar-refractivity contribution in [3.8, 4) is 0 Å². The summed E-state index contributed by atoms with van der Waals surface area (Å²) in [5, 5.41) is 3.44. The van der Waals surface area contributed by atoms with Crippen molar-refractivity contribution in [1.29, 1.82) is 0 Å². The third-order valence-electron chi connectivity index (χ3n) is 2.17. The van der Waals surface area contributed by atoms with Crippen molar-refractivity contribution in [1.82, 2.24) is 15.3 Å². The van der Waals surface area contributed by atoms with E-state index in [-0.39, 0.29) is 6.04 Å². The second kappa shape index (κ2) is 4.92. The minimum atomic E-state index is 0.281. The largest absolute Gasteiger partial charge is 0.306 e. The van der Waals surface area contributed by atoms with Gasteiger partial charge in [-0.2, -0.15) is 0 Å². The monoisotopic (exact) mass is 179 g/mol. The summed E-state index contributed by atoms with van der Waals surface area (Å²) in [6.07, 6.45) is 6.36. The van der Waals surface area contributed by atoms with Gasteiger partial charge in [0, 0.05) is 30.7 Å². The highest BCUT2D eigenvalue weighted by Crippen LogP contribution is 2.08. The molecule has 3 nitrogen and oxygen atoms in total. The first-order valence-electron chi connectivity index (χ1n) is 4.76. The Hall–Kier alpha value is -0.960. The molecule has 1 aromatic rings. The van der Waals surface area contributed by atoms with Crippen molar-refractivity contribution in [2.24, 2.45) is 0 Å². The fraction of sp³-hybridized carbons (Fsp3) is 0.600. The lowest BCUT2D eigenvalue weighted by atomic mass is 10.2. The number of hydrogen-bond donors (Lipinski definition) is 1. The summed E-state index contributed by atoms with van der Waals surface area (Å²) in [5.41, 5.74) is 1.00. The van der Waals surface area contributed by atoms with Crippen molar-refractivity contribution in [2.45, 2.75) is 39.3 Å². The first-order valence-corrected chi connectivity index (χ1v) is 4.76. The molecule has 0 fully saturated rings. The Morgan fingerprint density at radius 2 is 2.15 bits per heavy atom. The molecule has 0 aliphatic rings. The van der Waals surface area contributed by atoms with Crippen LogP contribution in [-0.4, -0.2) is 16.0 Å². The molecule has 0 radical (unpaired) electrons. The second-order valence-electron chi connectivity index (χ2n) is 3.33. The van der Waals surface area contributed by atoms with Crippen molar-refractivity contribution in [3.63, 3.8) is 0 Å². The van der Waals surface area contributed by atoms with E-state index in [1.807, 2.05) is 0 Å². The highest BCUT2D eigenvalue weighted by Gasteiger charge is 2.08. The van der Waals surface area contributed by atoms with Crippen LogP contribution in [0.2, 0.25) is 0 Å². The lowest BCUT2D eigenvalue weighted by molar-refractivity contribution is 0.461. The molecular formula is C10H17N3. The third-order valence-corrected chi connectivity index (χ3v) is 2.17. The van der Waals surface area contributed by atoms with E-state index < -0.39 is 0 Å². The van der Waals surface area contributed by atoms with Gasteiger partial charge in [-0.1, -0.05) is 6.92 Å². The summed E-state index contributed by atoms with van der Waals surface area (Å²) in [6.45, 7) is 6.45. The van der Waals surface area contributed by atoms with E-state index in [0.29, 0.717) is 6.04 Å². The van der Waals surface area contributed by atoms with Gasteiger partial charge in [-0.25, -0.2) is 0 Å². The Morgan fingerprint density at radius 3 is 2.69 bits per heavy atom. The summed E-state index contributed by atoms with van der Waals surface area (Å²) in [4.78, 5) is 8.28. The normalized spacial score (nSPS) is 15.3. The summed E-state index contributed by atoms with van der Waals surface area (Å²) in [5.74, 6) is 0. The van der Waals surface area contributed by atoms with Crippen molar-refractivity contribution in [3.05, 3.63) is 24.3 Å². The number of aromatic nitrogens is 2. The molecule has 0 aromatic carbocycles. The zero-order valence-corrected chi connectivity index (χ0v) is 8.49. The number of rotatable bonds is 4. The summed E-state index contributed by atoms with van der Waals surface area (Å²) in [7, 11) is 0. The Morgan fingerprint density at radius 1 is 1.38 bits per heavy atom. The van der Waals surface area contributed by atoms with Gasteiger partial charge < -0.3 is 5.32 Å². The standard InChI is InChI=1S/C10H17N3/c1-4-8(2)13-9(3)10-7-11-5-6-12-10/h5-9,13H,4H2,1-3H3. The Bertz CT molecular complexity index is 235. The maximum Gasteiger partial charge on any atom is 0.0753 e. The molecule has 13 heavy (non-hydrogen) atoms. The second-order valence-corrected chi connectivity index (χ2v) is 3.33. The average Bonchev–Trinajstić information content (AvgIpc) is 2.19. The van der Waals surface area contributed by atoms with Crippen LogP contribution < -0.4 is 5.32 Å². The average molecular weight is 179 g/mol. The lowest BCUT2D eigenvalue weighted by Crippen LogP contribution is -2.28. The molecule has 0 saturated heterocycles. The molecule has 2 unspecified atom stereocenters. The summed E-state index contributed by atoms with van der Waals surface area (Å²) in [6, 6.07) is 0.806. The smallest absolute Gasteiger partial charge is 0.0753 e. The van der Waals surface area contributed by atoms with Gasteiger partial charge in [0.25, 0.3) is 0 Å².